The molecule has 0 aliphatic carbocycles. The van der Waals surface area contributed by atoms with E-state index in [1.807, 2.05) is 0 Å². The van der Waals surface area contributed by atoms with Crippen molar-refractivity contribution in [3.05, 3.63) is 0 Å². The van der Waals surface area contributed by atoms with Gasteiger partial charge in [0.15, 0.2) is 37.7 Å². The SMILES string of the molecule is CC1OC2OC3C(C)OC(OC4C(C)OC(OC5C(C)OC(OC6C(C)OC(OC7C(C)OC(OC1C(O)C2O)C(O)C7O)C(O)C6O)C(O)C5O)C(O)C4O)C(O)C3O. The third kappa shape index (κ3) is 8.76. The fourth-order valence-electron chi connectivity index (χ4n) is 8.77. The molecule has 22 aliphatic heterocycles. The molecule has 348 valence electrons. The molecule has 22 fully saturated rings. The molecule has 24 heteroatoms. The summed E-state index contributed by atoms with van der Waals surface area (Å²) in [6.45, 7) is 8.69. The minimum Gasteiger partial charge on any atom is -0.387 e. The lowest BCUT2D eigenvalue weighted by atomic mass is 9.95. The molecule has 22 saturated heterocycles. The van der Waals surface area contributed by atoms with Crippen molar-refractivity contribution in [2.75, 3.05) is 0 Å². The Morgan fingerprint density at radius 2 is 0.300 bits per heavy atom. The van der Waals surface area contributed by atoms with Crippen LogP contribution in [0.5, 0.6) is 0 Å². The second-order valence-electron chi connectivity index (χ2n) is 16.7. The van der Waals surface area contributed by atoms with Crippen LogP contribution in [0.1, 0.15) is 41.5 Å². The predicted octanol–water partition coefficient (Wildman–Crippen LogP) is -6.89. The van der Waals surface area contributed by atoms with Gasteiger partial charge in [-0.25, -0.2) is 0 Å². The summed E-state index contributed by atoms with van der Waals surface area (Å²) in [5.74, 6) is 0. The summed E-state index contributed by atoms with van der Waals surface area (Å²) in [6.07, 6.45) is -46.3. The van der Waals surface area contributed by atoms with E-state index in [0.29, 0.717) is 0 Å². The summed E-state index contributed by atoms with van der Waals surface area (Å²) in [5, 5.41) is 134. The van der Waals surface area contributed by atoms with Crippen molar-refractivity contribution in [1.82, 2.24) is 0 Å². The minimum absolute atomic E-state index is 1.09. The quantitative estimate of drug-likeness (QED) is 0.108. The molecule has 0 aromatic carbocycles. The Labute approximate surface area is 343 Å². The number of ether oxygens (including phenoxy) is 12. The van der Waals surface area contributed by atoms with Gasteiger partial charge in [-0.2, -0.15) is 0 Å². The molecule has 0 aromatic heterocycles. The van der Waals surface area contributed by atoms with Gasteiger partial charge in [-0.05, 0) is 41.5 Å². The number of hydrogen-bond acceptors (Lipinski definition) is 24. The van der Waals surface area contributed by atoms with Gasteiger partial charge in [0.25, 0.3) is 0 Å². The highest BCUT2D eigenvalue weighted by atomic mass is 16.8. The molecular formula is C36H60O24. The molecule has 0 amide bonds. The maximum Gasteiger partial charge on any atom is 0.187 e. The van der Waals surface area contributed by atoms with Gasteiger partial charge in [-0.15, -0.1) is 0 Å². The summed E-state index contributed by atoms with van der Waals surface area (Å²) in [4.78, 5) is 0. The maximum absolute atomic E-state index is 11.2. The number of aliphatic hydroxyl groups is 12. The van der Waals surface area contributed by atoms with Crippen LogP contribution in [-0.4, -0.2) is 246 Å². The largest absolute Gasteiger partial charge is 0.387 e. The molecular weight excluding hydrogens is 816 g/mol. The van der Waals surface area contributed by atoms with Crippen LogP contribution in [0.25, 0.3) is 0 Å². The van der Waals surface area contributed by atoms with Gasteiger partial charge in [0.05, 0.1) is 36.6 Å². The molecule has 24 nitrogen and oxygen atoms in total. The smallest absolute Gasteiger partial charge is 0.187 e. The van der Waals surface area contributed by atoms with Gasteiger partial charge in [-0.1, -0.05) is 0 Å². The minimum atomic E-state index is -1.84. The Morgan fingerprint density at radius 3 is 0.417 bits per heavy atom. The molecule has 60 heavy (non-hydrogen) atoms. The van der Waals surface area contributed by atoms with Gasteiger partial charge >= 0.3 is 0 Å². The first-order valence-electron chi connectivity index (χ1n) is 20.2. The first-order chi connectivity index (χ1) is 28.2. The van der Waals surface area contributed by atoms with Crippen LogP contribution in [0.3, 0.4) is 0 Å². The second-order valence-corrected chi connectivity index (χ2v) is 16.7. The van der Waals surface area contributed by atoms with Crippen molar-refractivity contribution < 1.29 is 118 Å². The third-order valence-corrected chi connectivity index (χ3v) is 12.4. The van der Waals surface area contributed by atoms with Crippen molar-refractivity contribution in [3.8, 4) is 0 Å². The topological polar surface area (TPSA) is 354 Å². The summed E-state index contributed by atoms with van der Waals surface area (Å²) in [5.41, 5.74) is 0. The van der Waals surface area contributed by atoms with Crippen LogP contribution >= 0.6 is 0 Å². The van der Waals surface area contributed by atoms with Crippen molar-refractivity contribution in [1.29, 1.82) is 0 Å². The second kappa shape index (κ2) is 18.5. The average molecular weight is 877 g/mol. The van der Waals surface area contributed by atoms with Gasteiger partial charge in [-0.3, -0.25) is 0 Å². The van der Waals surface area contributed by atoms with Gasteiger partial charge in [0, 0.05) is 0 Å². The summed E-state index contributed by atoms with van der Waals surface area (Å²) in [7, 11) is 0. The lowest BCUT2D eigenvalue weighted by Crippen LogP contribution is -2.67. The van der Waals surface area contributed by atoms with Crippen LogP contribution in [0.2, 0.25) is 0 Å². The molecule has 12 bridgehead atoms. The van der Waals surface area contributed by atoms with Crippen LogP contribution in [-0.2, 0) is 56.8 Å². The highest BCUT2D eigenvalue weighted by molar-refractivity contribution is 4.99. The summed E-state index contributed by atoms with van der Waals surface area (Å²) >= 11 is 0. The van der Waals surface area contributed by atoms with Crippen molar-refractivity contribution >= 4 is 0 Å². The van der Waals surface area contributed by atoms with E-state index in [0.717, 1.165) is 0 Å². The van der Waals surface area contributed by atoms with E-state index in [-0.39, 0.29) is 0 Å². The first kappa shape index (κ1) is 47.0. The van der Waals surface area contributed by atoms with Gasteiger partial charge in [0.2, 0.25) is 0 Å². The molecule has 0 radical (unpaired) electrons. The predicted molar refractivity (Wildman–Crippen MR) is 187 cm³/mol. The van der Waals surface area contributed by atoms with E-state index < -0.39 is 184 Å². The number of hydrogen-bond donors (Lipinski definition) is 12. The van der Waals surface area contributed by atoms with Crippen molar-refractivity contribution in [2.45, 2.75) is 226 Å². The fraction of sp³-hybridized carbons (Fsp3) is 1.00. The zero-order valence-electron chi connectivity index (χ0n) is 33.6. The fourth-order valence-corrected chi connectivity index (χ4v) is 8.77. The number of rotatable bonds is 0. The Morgan fingerprint density at radius 1 is 0.183 bits per heavy atom. The Bertz CT molecular complexity index is 1160. The van der Waals surface area contributed by atoms with Crippen molar-refractivity contribution in [2.24, 2.45) is 0 Å². The molecule has 30 atom stereocenters. The summed E-state index contributed by atoms with van der Waals surface area (Å²) in [6, 6.07) is 0. The normalized spacial score (nSPS) is 59.7. The van der Waals surface area contributed by atoms with E-state index in [1.165, 1.54) is 41.5 Å². The van der Waals surface area contributed by atoms with Gasteiger partial charge < -0.3 is 118 Å². The van der Waals surface area contributed by atoms with Crippen LogP contribution in [0, 0.1) is 0 Å². The molecule has 22 heterocycles. The molecule has 0 spiro atoms. The van der Waals surface area contributed by atoms with E-state index in [4.69, 9.17) is 56.8 Å². The highest BCUT2D eigenvalue weighted by Crippen LogP contribution is 2.37. The number of aliphatic hydroxyl groups excluding tert-OH is 12. The molecule has 0 saturated carbocycles. The van der Waals surface area contributed by atoms with Crippen LogP contribution < -0.4 is 0 Å². The molecule has 22 aliphatic rings. The van der Waals surface area contributed by atoms with Crippen LogP contribution in [0.4, 0.5) is 0 Å². The lowest BCUT2D eigenvalue weighted by Gasteiger charge is -2.50. The summed E-state index contributed by atoms with van der Waals surface area (Å²) < 4.78 is 70.0. The standard InChI is InChI=1S/C36H60O24/c1-7-25-13(37)19(43)31(49-7)56-26-8(2)51-33(21(45)15(26)39)58-28-10(4)53-35(23(47)17(28)41)60-30-12(6)54-36(24(48)18(30)42)59-29-11(5)52-34(22(46)16(29)40)57-27-9(3)50-32(55-25)20(44)14(27)38/h7-48H,1-6H3. The highest BCUT2D eigenvalue weighted by Gasteiger charge is 2.57. The van der Waals surface area contributed by atoms with E-state index in [2.05, 4.69) is 0 Å². The molecule has 12 N–H and O–H groups in total. The Balaban J connectivity index is 1.14. The zero-order chi connectivity index (χ0) is 43.8. The third-order valence-electron chi connectivity index (χ3n) is 12.4. The lowest BCUT2D eigenvalue weighted by molar-refractivity contribution is -0.397. The Kier molecular flexibility index (Phi) is 14.5. The Hall–Kier alpha value is -0.960. The molecule has 0 aromatic rings. The average Bonchev–Trinajstić information content (AvgIpc) is 3.19. The van der Waals surface area contributed by atoms with E-state index in [1.54, 1.807) is 0 Å². The zero-order valence-corrected chi connectivity index (χ0v) is 33.6. The van der Waals surface area contributed by atoms with E-state index >= 15 is 0 Å². The van der Waals surface area contributed by atoms with Crippen molar-refractivity contribution in [3.63, 3.8) is 0 Å². The molecule has 22 rings (SSSR count). The maximum atomic E-state index is 11.2. The monoisotopic (exact) mass is 876 g/mol. The molecule has 30 unspecified atom stereocenters. The first-order valence-corrected chi connectivity index (χ1v) is 20.2. The van der Waals surface area contributed by atoms with E-state index in [9.17, 15) is 61.3 Å². The van der Waals surface area contributed by atoms with Gasteiger partial charge in [0.1, 0.15) is 110 Å². The van der Waals surface area contributed by atoms with Crippen LogP contribution in [0.15, 0.2) is 0 Å².